The Morgan fingerprint density at radius 1 is 1.31 bits per heavy atom. The van der Waals surface area contributed by atoms with Crippen LogP contribution in [0.3, 0.4) is 0 Å². The van der Waals surface area contributed by atoms with E-state index in [0.717, 1.165) is 6.07 Å². The molecule has 3 rings (SSSR count). The van der Waals surface area contributed by atoms with Gasteiger partial charge in [0.15, 0.2) is 0 Å². The van der Waals surface area contributed by atoms with Crippen molar-refractivity contribution < 1.29 is 23.1 Å². The summed E-state index contributed by atoms with van der Waals surface area (Å²) >= 11 is 11.8. The largest absolute Gasteiger partial charge is 0.465 e. The Morgan fingerprint density at radius 2 is 2.06 bits per heavy atom. The van der Waals surface area contributed by atoms with Crippen LogP contribution in [0.15, 0.2) is 36.4 Å². The van der Waals surface area contributed by atoms with Crippen LogP contribution in [0.4, 0.5) is 13.6 Å². The number of esters is 1. The Morgan fingerprint density at radius 3 is 2.72 bits per heavy atom. The molecular formula is C22H19Cl2F2N3O3. The summed E-state index contributed by atoms with van der Waals surface area (Å²) in [6.07, 6.45) is 0.0193. The minimum Gasteiger partial charge on any atom is -0.465 e. The van der Waals surface area contributed by atoms with Crippen LogP contribution in [-0.2, 0) is 14.9 Å². The smallest absolute Gasteiger partial charge is 0.325 e. The van der Waals surface area contributed by atoms with E-state index >= 15 is 4.39 Å². The Balaban J connectivity index is 2.10. The van der Waals surface area contributed by atoms with Crippen molar-refractivity contribution in [3.63, 3.8) is 0 Å². The summed E-state index contributed by atoms with van der Waals surface area (Å²) in [6.45, 7) is 1.35. The molecule has 168 valence electrons. The molecule has 0 aliphatic carbocycles. The molecule has 0 aromatic heterocycles. The van der Waals surface area contributed by atoms with Crippen molar-refractivity contribution >= 4 is 35.2 Å². The van der Waals surface area contributed by atoms with E-state index < -0.39 is 41.6 Å². The van der Waals surface area contributed by atoms with E-state index in [1.165, 1.54) is 35.2 Å². The number of benzene rings is 2. The van der Waals surface area contributed by atoms with E-state index in [1.807, 2.05) is 0 Å². The first kappa shape index (κ1) is 23.8. The summed E-state index contributed by atoms with van der Waals surface area (Å²) in [5.74, 6) is -2.22. The van der Waals surface area contributed by atoms with Crippen LogP contribution >= 0.6 is 23.2 Å². The summed E-state index contributed by atoms with van der Waals surface area (Å²) in [5, 5.41) is 12.5. The third-order valence-electron chi connectivity index (χ3n) is 5.36. The first-order valence-electron chi connectivity index (χ1n) is 9.76. The highest BCUT2D eigenvalue weighted by Gasteiger charge is 2.53. The minimum absolute atomic E-state index is 0.000898. The zero-order valence-corrected chi connectivity index (χ0v) is 18.5. The Bertz CT molecular complexity index is 1090. The van der Waals surface area contributed by atoms with Crippen molar-refractivity contribution in [1.82, 2.24) is 10.2 Å². The molecular weight excluding hydrogens is 463 g/mol. The van der Waals surface area contributed by atoms with Gasteiger partial charge in [-0.3, -0.25) is 4.79 Å². The number of likely N-dealkylation sites (tertiary alicyclic amines) is 1. The maximum Gasteiger partial charge on any atom is 0.325 e. The van der Waals surface area contributed by atoms with Gasteiger partial charge >= 0.3 is 12.0 Å². The number of carbonyl (C=O) groups excluding carboxylic acids is 2. The molecule has 0 bridgehead atoms. The number of carbonyl (C=O) groups is 2. The standard InChI is InChI=1S/C22H19Cl2F2N3O3/c1-2-32-18(30)11-28-21(31)29-9-8-22(12-27,15-7-6-13(23)10-17(15)25)20(29)14-4-3-5-16(24)19(14)26/h3-7,10,20H,2,8-9,11H2,1H3,(H,28,31)/t20-,22?/m1/s1. The van der Waals surface area contributed by atoms with Gasteiger partial charge in [-0.25, -0.2) is 13.6 Å². The van der Waals surface area contributed by atoms with E-state index in [4.69, 9.17) is 27.9 Å². The van der Waals surface area contributed by atoms with Gasteiger partial charge in [0.25, 0.3) is 0 Å². The minimum atomic E-state index is -1.62. The van der Waals surface area contributed by atoms with Crippen LogP contribution in [0, 0.1) is 23.0 Å². The molecule has 0 spiro atoms. The van der Waals surface area contributed by atoms with Gasteiger partial charge in [0.1, 0.15) is 23.6 Å². The molecule has 0 saturated carbocycles. The molecule has 2 amide bonds. The SMILES string of the molecule is CCOC(=O)CNC(=O)N1CCC(C#N)(c2ccc(Cl)cc2F)[C@H]1c1cccc(Cl)c1F. The summed E-state index contributed by atoms with van der Waals surface area (Å²) < 4.78 is 34.8. The fourth-order valence-electron chi connectivity index (χ4n) is 3.98. The highest BCUT2D eigenvalue weighted by Crippen LogP contribution is 2.50. The zero-order chi connectivity index (χ0) is 23.5. The van der Waals surface area contributed by atoms with Gasteiger partial charge in [0.2, 0.25) is 0 Å². The number of halogens is 4. The number of ether oxygens (including phenoxy) is 1. The highest BCUT2D eigenvalue weighted by molar-refractivity contribution is 6.31. The molecule has 6 nitrogen and oxygen atoms in total. The van der Waals surface area contributed by atoms with Crippen molar-refractivity contribution in [3.05, 3.63) is 69.2 Å². The molecule has 1 N–H and O–H groups in total. The molecule has 1 heterocycles. The normalized spacial score (nSPS) is 20.0. The van der Waals surface area contributed by atoms with E-state index in [1.54, 1.807) is 6.92 Å². The van der Waals surface area contributed by atoms with Crippen molar-refractivity contribution in [3.8, 4) is 6.07 Å². The van der Waals surface area contributed by atoms with Gasteiger partial charge < -0.3 is 15.0 Å². The lowest BCUT2D eigenvalue weighted by Crippen LogP contribution is -2.45. The summed E-state index contributed by atoms with van der Waals surface area (Å²) in [4.78, 5) is 25.8. The van der Waals surface area contributed by atoms with Gasteiger partial charge in [0, 0.05) is 22.7 Å². The van der Waals surface area contributed by atoms with E-state index in [-0.39, 0.29) is 40.7 Å². The first-order valence-corrected chi connectivity index (χ1v) is 10.5. The number of urea groups is 1. The number of hydrogen-bond acceptors (Lipinski definition) is 4. The fraction of sp³-hybridized carbons (Fsp3) is 0.318. The van der Waals surface area contributed by atoms with Crippen LogP contribution in [0.1, 0.15) is 30.5 Å². The van der Waals surface area contributed by atoms with Crippen LogP contribution in [0.2, 0.25) is 10.0 Å². The quantitative estimate of drug-likeness (QED) is 0.624. The fourth-order valence-corrected chi connectivity index (χ4v) is 4.32. The second-order valence-corrected chi connectivity index (χ2v) is 8.00. The molecule has 10 heteroatoms. The number of nitrogens with zero attached hydrogens (tertiary/aromatic N) is 2. The van der Waals surface area contributed by atoms with E-state index in [2.05, 4.69) is 11.4 Å². The number of amides is 2. The van der Waals surface area contributed by atoms with Crippen molar-refractivity contribution in [1.29, 1.82) is 5.26 Å². The molecule has 1 aliphatic heterocycles. The summed E-state index contributed by atoms with van der Waals surface area (Å²) in [7, 11) is 0. The maximum atomic E-state index is 15.1. The lowest BCUT2D eigenvalue weighted by molar-refractivity contribution is -0.141. The number of nitriles is 1. The van der Waals surface area contributed by atoms with Crippen molar-refractivity contribution in [2.45, 2.75) is 24.8 Å². The molecule has 2 atom stereocenters. The van der Waals surface area contributed by atoms with Gasteiger partial charge in [-0.1, -0.05) is 41.4 Å². The maximum absolute atomic E-state index is 15.1. The predicted molar refractivity (Wildman–Crippen MR) is 114 cm³/mol. The lowest BCUT2D eigenvalue weighted by atomic mass is 9.72. The lowest BCUT2D eigenvalue weighted by Gasteiger charge is -2.34. The van der Waals surface area contributed by atoms with Gasteiger partial charge in [-0.2, -0.15) is 5.26 Å². The van der Waals surface area contributed by atoms with Crippen LogP contribution in [0.25, 0.3) is 0 Å². The summed E-state index contributed by atoms with van der Waals surface area (Å²) in [6, 6.07) is 8.21. The van der Waals surface area contributed by atoms with Crippen molar-refractivity contribution in [2.75, 3.05) is 19.7 Å². The topological polar surface area (TPSA) is 82.4 Å². The third kappa shape index (κ3) is 4.36. The number of hydrogen-bond donors (Lipinski definition) is 1. The van der Waals surface area contributed by atoms with E-state index in [0.29, 0.717) is 0 Å². The molecule has 0 radical (unpaired) electrons. The number of rotatable bonds is 5. The van der Waals surface area contributed by atoms with Gasteiger partial charge in [-0.15, -0.1) is 0 Å². The van der Waals surface area contributed by atoms with Crippen molar-refractivity contribution in [2.24, 2.45) is 0 Å². The number of nitrogens with one attached hydrogen (secondary N) is 1. The highest BCUT2D eigenvalue weighted by atomic mass is 35.5. The average Bonchev–Trinajstić information content (AvgIpc) is 3.14. The van der Waals surface area contributed by atoms with Crippen LogP contribution in [-0.4, -0.2) is 36.6 Å². The van der Waals surface area contributed by atoms with E-state index in [9.17, 15) is 19.2 Å². The molecule has 2 aromatic rings. The van der Waals surface area contributed by atoms with Gasteiger partial charge in [0.05, 0.1) is 23.7 Å². The van der Waals surface area contributed by atoms with Crippen LogP contribution < -0.4 is 5.32 Å². The second kappa shape index (κ2) is 9.72. The Labute approximate surface area is 193 Å². The molecule has 1 saturated heterocycles. The molecule has 1 aliphatic rings. The Hall–Kier alpha value is -2.89. The van der Waals surface area contributed by atoms with Gasteiger partial charge in [-0.05, 0) is 31.5 Å². The monoisotopic (exact) mass is 481 g/mol. The first-order chi connectivity index (χ1) is 15.2. The summed E-state index contributed by atoms with van der Waals surface area (Å²) in [5.41, 5.74) is -1.69. The third-order valence-corrected chi connectivity index (χ3v) is 5.89. The second-order valence-electron chi connectivity index (χ2n) is 7.16. The average molecular weight is 482 g/mol. The predicted octanol–water partition coefficient (Wildman–Crippen LogP) is 4.75. The molecule has 1 fully saturated rings. The molecule has 1 unspecified atom stereocenters. The zero-order valence-electron chi connectivity index (χ0n) is 17.0. The molecule has 32 heavy (non-hydrogen) atoms. The Kier molecular flexibility index (Phi) is 7.22. The van der Waals surface area contributed by atoms with Crippen LogP contribution in [0.5, 0.6) is 0 Å². The molecule has 2 aromatic carbocycles.